The third-order valence-corrected chi connectivity index (χ3v) is 7.87. The number of hydrogen-bond donors (Lipinski definition) is 0. The summed E-state index contributed by atoms with van der Waals surface area (Å²) in [5.41, 5.74) is 2.32. The number of esters is 2. The van der Waals surface area contributed by atoms with E-state index in [2.05, 4.69) is 4.99 Å². The number of likely N-dealkylation sites (N-methyl/N-ethyl adjacent to an activating group) is 1. The minimum Gasteiger partial charge on any atom is -0.466 e. The lowest BCUT2D eigenvalue weighted by Crippen LogP contribution is -2.40. The van der Waals surface area contributed by atoms with Crippen molar-refractivity contribution in [3.8, 4) is 5.75 Å². The smallest absolute Gasteiger partial charge is 0.379 e. The lowest BCUT2D eigenvalue weighted by Gasteiger charge is -2.24. The fourth-order valence-electron chi connectivity index (χ4n) is 4.92. The van der Waals surface area contributed by atoms with Gasteiger partial charge in [-0.2, -0.15) is 0 Å². The van der Waals surface area contributed by atoms with Crippen molar-refractivity contribution in [3.63, 3.8) is 0 Å². The Balaban J connectivity index is 1.51. The van der Waals surface area contributed by atoms with Crippen molar-refractivity contribution in [2.75, 3.05) is 19.1 Å². The maximum Gasteiger partial charge on any atom is 0.379 e. The third kappa shape index (κ3) is 3.90. The van der Waals surface area contributed by atoms with Gasteiger partial charge in [-0.1, -0.05) is 41.7 Å². The van der Waals surface area contributed by atoms with Crippen LogP contribution in [-0.2, 0) is 14.3 Å². The number of rotatable bonds is 4. The summed E-state index contributed by atoms with van der Waals surface area (Å²) in [6.45, 7) is 1.67. The topological polar surface area (TPSA) is 120 Å². The normalized spacial score (nSPS) is 17.3. The summed E-state index contributed by atoms with van der Waals surface area (Å²) >= 11 is 1.10. The van der Waals surface area contributed by atoms with E-state index in [0.29, 0.717) is 32.9 Å². The summed E-state index contributed by atoms with van der Waals surface area (Å²) in [6, 6.07) is 15.9. The van der Waals surface area contributed by atoms with Gasteiger partial charge in [-0.3, -0.25) is 14.2 Å². The Kier molecular flexibility index (Phi) is 6.07. The van der Waals surface area contributed by atoms with E-state index < -0.39 is 23.5 Å². The molecule has 0 saturated heterocycles. The van der Waals surface area contributed by atoms with Gasteiger partial charge in [0.2, 0.25) is 5.76 Å². The van der Waals surface area contributed by atoms with Crippen molar-refractivity contribution in [3.05, 3.63) is 115 Å². The number of methoxy groups -OCH3 is 1. The molecule has 2 aromatic heterocycles. The van der Waals surface area contributed by atoms with Crippen LogP contribution in [0.5, 0.6) is 5.75 Å². The van der Waals surface area contributed by atoms with Gasteiger partial charge in [0.25, 0.3) is 11.5 Å². The first-order chi connectivity index (χ1) is 19.3. The van der Waals surface area contributed by atoms with Crippen LogP contribution >= 0.6 is 11.3 Å². The second-order valence-corrected chi connectivity index (χ2v) is 10.1. The highest BCUT2D eigenvalue weighted by Gasteiger charge is 2.36. The number of fused-ring (bicyclic) bond motifs is 2. The van der Waals surface area contributed by atoms with E-state index in [1.807, 2.05) is 18.2 Å². The number of carbonyl (C=O) groups excluding carboxylic acids is 3. The van der Waals surface area contributed by atoms with Crippen LogP contribution in [0.1, 0.15) is 34.6 Å². The highest BCUT2D eigenvalue weighted by molar-refractivity contribution is 7.07. The molecule has 6 rings (SSSR count). The van der Waals surface area contributed by atoms with Gasteiger partial charge in [-0.15, -0.1) is 0 Å². The quantitative estimate of drug-likeness (QED) is 0.280. The molecule has 200 valence electrons. The van der Waals surface area contributed by atoms with Crippen LogP contribution in [0.15, 0.2) is 92.4 Å². The number of allylic oxidation sites excluding steroid dienone is 1. The van der Waals surface area contributed by atoms with Crippen LogP contribution in [0.25, 0.3) is 5.57 Å². The van der Waals surface area contributed by atoms with Crippen molar-refractivity contribution >= 4 is 40.4 Å². The Morgan fingerprint density at radius 3 is 2.45 bits per heavy atom. The molecule has 2 aliphatic heterocycles. The monoisotopic (exact) mass is 555 g/mol. The number of furan rings is 1. The van der Waals surface area contributed by atoms with Gasteiger partial charge in [0.15, 0.2) is 4.80 Å². The van der Waals surface area contributed by atoms with E-state index in [0.717, 1.165) is 11.3 Å². The van der Waals surface area contributed by atoms with E-state index >= 15 is 0 Å². The Bertz CT molecular complexity index is 1910. The third-order valence-electron chi connectivity index (χ3n) is 6.81. The average Bonchev–Trinajstić information content (AvgIpc) is 3.67. The van der Waals surface area contributed by atoms with E-state index in [1.165, 1.54) is 28.9 Å². The molecular formula is C29H21N3O7S. The van der Waals surface area contributed by atoms with Crippen molar-refractivity contribution in [2.24, 2.45) is 4.99 Å². The lowest BCUT2D eigenvalue weighted by molar-refractivity contribution is -0.136. The van der Waals surface area contributed by atoms with Gasteiger partial charge in [0.1, 0.15) is 10.3 Å². The van der Waals surface area contributed by atoms with Gasteiger partial charge < -0.3 is 18.8 Å². The molecule has 0 radical (unpaired) electrons. The molecule has 40 heavy (non-hydrogen) atoms. The Morgan fingerprint density at radius 1 is 1.00 bits per heavy atom. The number of para-hydroxylation sites is 1. The molecule has 2 aliphatic rings. The zero-order valence-corrected chi connectivity index (χ0v) is 22.4. The molecule has 0 spiro atoms. The predicted octanol–water partition coefficient (Wildman–Crippen LogP) is 2.57. The SMILES string of the molecule is COC(=O)C1=C(C)N=c2sc(=C3C(=O)N(C)c4ccccc43)c(=O)n2C1c1ccc(OC(=O)c2ccco2)cc1. The number of carbonyl (C=O) groups is 3. The summed E-state index contributed by atoms with van der Waals surface area (Å²) in [5.74, 6) is -1.30. The number of aromatic nitrogens is 1. The fourth-order valence-corrected chi connectivity index (χ4v) is 6.05. The molecule has 1 amide bonds. The maximum absolute atomic E-state index is 14.0. The summed E-state index contributed by atoms with van der Waals surface area (Å²) in [4.78, 5) is 58.9. The second-order valence-electron chi connectivity index (χ2n) is 9.09. The van der Waals surface area contributed by atoms with Gasteiger partial charge in [0, 0.05) is 12.6 Å². The fraction of sp³-hybridized carbons (Fsp3) is 0.138. The molecule has 0 aliphatic carbocycles. The predicted molar refractivity (Wildman–Crippen MR) is 145 cm³/mol. The maximum atomic E-state index is 14.0. The first-order valence-electron chi connectivity index (χ1n) is 12.2. The van der Waals surface area contributed by atoms with Crippen LogP contribution in [-0.4, -0.2) is 36.6 Å². The summed E-state index contributed by atoms with van der Waals surface area (Å²) < 4.78 is 17.1. The van der Waals surface area contributed by atoms with Crippen LogP contribution in [0, 0.1) is 0 Å². The largest absolute Gasteiger partial charge is 0.466 e. The number of amides is 1. The average molecular weight is 556 g/mol. The standard InChI is InChI=1S/C29H21N3O7S/c1-15-21(28(36)37-3)23(16-10-12-17(13-11-16)39-27(35)20-9-6-14-38-20)32-26(34)24(40-29(32)30-15)22-18-7-4-5-8-19(18)31(2)25(22)33/h4-14,23H,1-3H3. The molecule has 1 atom stereocenters. The minimum absolute atomic E-state index is 0.0534. The number of thiazole rings is 1. The number of anilines is 1. The number of nitrogens with zero attached hydrogens (tertiary/aromatic N) is 3. The molecule has 0 N–H and O–H groups in total. The molecule has 0 bridgehead atoms. The zero-order valence-electron chi connectivity index (χ0n) is 21.5. The van der Waals surface area contributed by atoms with Crippen molar-refractivity contribution < 1.29 is 28.3 Å². The molecule has 4 heterocycles. The second kappa shape index (κ2) is 9.62. The van der Waals surface area contributed by atoms with Gasteiger partial charge >= 0.3 is 11.9 Å². The van der Waals surface area contributed by atoms with Crippen molar-refractivity contribution in [2.45, 2.75) is 13.0 Å². The van der Waals surface area contributed by atoms with E-state index in [4.69, 9.17) is 13.9 Å². The number of benzene rings is 2. The highest BCUT2D eigenvalue weighted by atomic mass is 32.1. The highest BCUT2D eigenvalue weighted by Crippen LogP contribution is 2.35. The van der Waals surface area contributed by atoms with E-state index in [-0.39, 0.29) is 27.5 Å². The molecule has 11 heteroatoms. The van der Waals surface area contributed by atoms with E-state index in [1.54, 1.807) is 50.4 Å². The van der Waals surface area contributed by atoms with Crippen molar-refractivity contribution in [1.29, 1.82) is 0 Å². The van der Waals surface area contributed by atoms with Gasteiger partial charge in [-0.05, 0) is 42.8 Å². The Morgan fingerprint density at radius 2 is 1.75 bits per heavy atom. The summed E-state index contributed by atoms with van der Waals surface area (Å²) in [5, 5.41) is 0. The molecular weight excluding hydrogens is 534 g/mol. The first kappa shape index (κ1) is 25.3. The Labute approximate surface area is 230 Å². The van der Waals surface area contributed by atoms with Crippen molar-refractivity contribution in [1.82, 2.24) is 4.57 Å². The van der Waals surface area contributed by atoms with Crippen LogP contribution < -0.4 is 24.5 Å². The molecule has 4 aromatic rings. The summed E-state index contributed by atoms with van der Waals surface area (Å²) in [7, 11) is 2.92. The minimum atomic E-state index is -0.891. The number of hydrogen-bond acceptors (Lipinski definition) is 9. The van der Waals surface area contributed by atoms with Crippen LogP contribution in [0.2, 0.25) is 0 Å². The van der Waals surface area contributed by atoms with Crippen LogP contribution in [0.3, 0.4) is 0 Å². The van der Waals surface area contributed by atoms with E-state index in [9.17, 15) is 19.2 Å². The van der Waals surface area contributed by atoms with Crippen LogP contribution in [0.4, 0.5) is 5.69 Å². The molecule has 10 nitrogen and oxygen atoms in total. The first-order valence-corrected chi connectivity index (χ1v) is 13.0. The lowest BCUT2D eigenvalue weighted by atomic mass is 9.96. The molecule has 1 unspecified atom stereocenters. The summed E-state index contributed by atoms with van der Waals surface area (Å²) in [6.07, 6.45) is 1.37. The van der Waals surface area contributed by atoms with Gasteiger partial charge in [0.05, 0.1) is 41.9 Å². The molecule has 0 saturated carbocycles. The zero-order chi connectivity index (χ0) is 28.1. The molecule has 0 fully saturated rings. The Hall–Kier alpha value is -5.03. The molecule has 2 aromatic carbocycles. The van der Waals surface area contributed by atoms with Gasteiger partial charge in [-0.25, -0.2) is 14.6 Å². The number of ether oxygens (including phenoxy) is 2.